The number of carbonyl (C=O) groups excluding carboxylic acids is 2. The first-order chi connectivity index (χ1) is 8.99. The van der Waals surface area contributed by atoms with Gasteiger partial charge in [-0.1, -0.05) is 0 Å². The molecule has 6 nitrogen and oxygen atoms in total. The second kappa shape index (κ2) is 5.44. The van der Waals surface area contributed by atoms with Crippen molar-refractivity contribution in [3.8, 4) is 0 Å². The summed E-state index contributed by atoms with van der Waals surface area (Å²) < 4.78 is 0. The van der Waals surface area contributed by atoms with Gasteiger partial charge in [0, 0.05) is 24.8 Å². The summed E-state index contributed by atoms with van der Waals surface area (Å²) in [5.41, 5.74) is 6.37. The zero-order valence-electron chi connectivity index (χ0n) is 11.2. The lowest BCUT2D eigenvalue weighted by Crippen LogP contribution is -2.47. The molecule has 2 atom stereocenters. The highest BCUT2D eigenvalue weighted by Crippen LogP contribution is 2.19. The fraction of sp³-hybridized carbons (Fsp3) is 0.538. The summed E-state index contributed by atoms with van der Waals surface area (Å²) in [4.78, 5) is 28.8. The van der Waals surface area contributed by atoms with Crippen LogP contribution in [-0.4, -0.2) is 46.4 Å². The van der Waals surface area contributed by atoms with Gasteiger partial charge in [-0.05, 0) is 32.4 Å². The van der Waals surface area contributed by atoms with Crippen molar-refractivity contribution in [3.05, 3.63) is 24.0 Å². The van der Waals surface area contributed by atoms with Crippen molar-refractivity contribution < 1.29 is 9.59 Å². The van der Waals surface area contributed by atoms with Crippen LogP contribution >= 0.6 is 0 Å². The van der Waals surface area contributed by atoms with Crippen LogP contribution in [0.5, 0.6) is 0 Å². The SMILES string of the molecule is CC(C)NC(=O)[C@@H]1C[C@@H](N)CN1C(=O)c1ccc[nH]1. The molecule has 0 saturated carbocycles. The van der Waals surface area contributed by atoms with Crippen LogP contribution in [0, 0.1) is 0 Å². The highest BCUT2D eigenvalue weighted by Gasteiger charge is 2.38. The van der Waals surface area contributed by atoms with Crippen LogP contribution in [0.1, 0.15) is 30.8 Å². The number of aromatic nitrogens is 1. The number of hydrogen-bond donors (Lipinski definition) is 3. The standard InChI is InChI=1S/C13H20N4O2/c1-8(2)16-12(18)11-6-9(14)7-17(11)13(19)10-4-3-5-15-10/h3-5,8-9,11,15H,6-7,14H2,1-2H3,(H,16,18)/t9-,11+/m1/s1. The first-order valence-corrected chi connectivity index (χ1v) is 6.49. The molecule has 0 spiro atoms. The quantitative estimate of drug-likeness (QED) is 0.722. The van der Waals surface area contributed by atoms with Gasteiger partial charge in [-0.15, -0.1) is 0 Å². The van der Waals surface area contributed by atoms with Gasteiger partial charge < -0.3 is 20.9 Å². The van der Waals surface area contributed by atoms with Gasteiger partial charge in [-0.25, -0.2) is 0 Å². The Morgan fingerprint density at radius 2 is 2.26 bits per heavy atom. The van der Waals surface area contributed by atoms with Crippen LogP contribution in [0.3, 0.4) is 0 Å². The summed E-state index contributed by atoms with van der Waals surface area (Å²) >= 11 is 0. The number of aromatic amines is 1. The van der Waals surface area contributed by atoms with E-state index in [4.69, 9.17) is 5.73 Å². The molecule has 0 unspecified atom stereocenters. The van der Waals surface area contributed by atoms with Crippen molar-refractivity contribution >= 4 is 11.8 Å². The molecule has 1 saturated heterocycles. The molecule has 1 aliphatic rings. The fourth-order valence-corrected chi connectivity index (χ4v) is 2.34. The molecule has 6 heteroatoms. The molecule has 0 bridgehead atoms. The fourth-order valence-electron chi connectivity index (χ4n) is 2.34. The second-order valence-electron chi connectivity index (χ2n) is 5.22. The Balaban J connectivity index is 2.13. The number of nitrogens with zero attached hydrogens (tertiary/aromatic N) is 1. The number of H-pyrrole nitrogens is 1. The van der Waals surface area contributed by atoms with Gasteiger partial charge in [0.15, 0.2) is 0 Å². The molecular weight excluding hydrogens is 244 g/mol. The molecule has 4 N–H and O–H groups in total. The van der Waals surface area contributed by atoms with Crippen molar-refractivity contribution in [2.45, 2.75) is 38.4 Å². The van der Waals surface area contributed by atoms with Crippen LogP contribution in [0.2, 0.25) is 0 Å². The number of hydrogen-bond acceptors (Lipinski definition) is 3. The monoisotopic (exact) mass is 264 g/mol. The number of amides is 2. The summed E-state index contributed by atoms with van der Waals surface area (Å²) in [7, 11) is 0. The lowest BCUT2D eigenvalue weighted by atomic mass is 10.1. The van der Waals surface area contributed by atoms with Crippen LogP contribution in [-0.2, 0) is 4.79 Å². The first-order valence-electron chi connectivity index (χ1n) is 6.49. The molecule has 104 valence electrons. The smallest absolute Gasteiger partial charge is 0.270 e. The molecule has 1 aliphatic heterocycles. The van der Waals surface area contributed by atoms with Gasteiger partial charge in [-0.3, -0.25) is 9.59 Å². The average Bonchev–Trinajstić information content (AvgIpc) is 2.95. The topological polar surface area (TPSA) is 91.2 Å². The third-order valence-electron chi connectivity index (χ3n) is 3.16. The van der Waals surface area contributed by atoms with E-state index in [0.29, 0.717) is 18.7 Å². The lowest BCUT2D eigenvalue weighted by molar-refractivity contribution is -0.125. The van der Waals surface area contributed by atoms with Gasteiger partial charge in [0.05, 0.1) is 0 Å². The predicted molar refractivity (Wildman–Crippen MR) is 71.5 cm³/mol. The predicted octanol–water partition coefficient (Wildman–Crippen LogP) is 0.0811. The van der Waals surface area contributed by atoms with E-state index in [0.717, 1.165) is 0 Å². The zero-order chi connectivity index (χ0) is 14.0. The molecule has 1 fully saturated rings. The summed E-state index contributed by atoms with van der Waals surface area (Å²) in [6.07, 6.45) is 2.19. The lowest BCUT2D eigenvalue weighted by Gasteiger charge is -2.24. The molecule has 2 amide bonds. The van der Waals surface area contributed by atoms with Gasteiger partial charge >= 0.3 is 0 Å². The summed E-state index contributed by atoms with van der Waals surface area (Å²) in [6.45, 7) is 4.20. The Bertz CT molecular complexity index is 455. The van der Waals surface area contributed by atoms with Gasteiger partial charge in [0.1, 0.15) is 11.7 Å². The van der Waals surface area contributed by atoms with Crippen molar-refractivity contribution in [1.29, 1.82) is 0 Å². The Kier molecular flexibility index (Phi) is 3.90. The van der Waals surface area contributed by atoms with E-state index in [-0.39, 0.29) is 23.9 Å². The van der Waals surface area contributed by atoms with Crippen molar-refractivity contribution in [2.75, 3.05) is 6.54 Å². The summed E-state index contributed by atoms with van der Waals surface area (Å²) in [6, 6.07) is 2.87. The molecule has 2 heterocycles. The molecule has 0 aliphatic carbocycles. The zero-order valence-corrected chi connectivity index (χ0v) is 11.2. The second-order valence-corrected chi connectivity index (χ2v) is 5.22. The number of nitrogens with one attached hydrogen (secondary N) is 2. The summed E-state index contributed by atoms with van der Waals surface area (Å²) in [5.74, 6) is -0.315. The van der Waals surface area contributed by atoms with Gasteiger partial charge in [0.25, 0.3) is 5.91 Å². The maximum absolute atomic E-state index is 12.3. The number of nitrogens with two attached hydrogens (primary N) is 1. The number of carbonyl (C=O) groups is 2. The van der Waals surface area contributed by atoms with Gasteiger partial charge in [-0.2, -0.15) is 0 Å². The Hall–Kier alpha value is -1.82. The van der Waals surface area contributed by atoms with Crippen LogP contribution < -0.4 is 11.1 Å². The average molecular weight is 264 g/mol. The minimum atomic E-state index is -0.479. The van der Waals surface area contributed by atoms with Crippen molar-refractivity contribution in [3.63, 3.8) is 0 Å². The Labute approximate surface area is 112 Å². The van der Waals surface area contributed by atoms with Crippen molar-refractivity contribution in [1.82, 2.24) is 15.2 Å². The molecular formula is C13H20N4O2. The molecule has 2 rings (SSSR count). The van der Waals surface area contributed by atoms with E-state index in [1.165, 1.54) is 0 Å². The maximum atomic E-state index is 12.3. The van der Waals surface area contributed by atoms with E-state index in [1.807, 2.05) is 13.8 Å². The Morgan fingerprint density at radius 1 is 1.53 bits per heavy atom. The third-order valence-corrected chi connectivity index (χ3v) is 3.16. The normalized spacial score (nSPS) is 22.8. The maximum Gasteiger partial charge on any atom is 0.270 e. The number of likely N-dealkylation sites (tertiary alicyclic amines) is 1. The molecule has 1 aromatic heterocycles. The van der Waals surface area contributed by atoms with E-state index < -0.39 is 6.04 Å². The van der Waals surface area contributed by atoms with Gasteiger partial charge in [0.2, 0.25) is 5.91 Å². The van der Waals surface area contributed by atoms with Crippen LogP contribution in [0.15, 0.2) is 18.3 Å². The largest absolute Gasteiger partial charge is 0.357 e. The third kappa shape index (κ3) is 2.96. The first kappa shape index (κ1) is 13.6. The van der Waals surface area contributed by atoms with Crippen molar-refractivity contribution in [2.24, 2.45) is 5.73 Å². The van der Waals surface area contributed by atoms with E-state index in [9.17, 15) is 9.59 Å². The molecule has 19 heavy (non-hydrogen) atoms. The van der Waals surface area contributed by atoms with E-state index in [1.54, 1.807) is 23.2 Å². The van der Waals surface area contributed by atoms with E-state index in [2.05, 4.69) is 10.3 Å². The number of rotatable bonds is 3. The minimum Gasteiger partial charge on any atom is -0.357 e. The highest BCUT2D eigenvalue weighted by atomic mass is 16.2. The Morgan fingerprint density at radius 3 is 2.84 bits per heavy atom. The van der Waals surface area contributed by atoms with E-state index >= 15 is 0 Å². The minimum absolute atomic E-state index is 0.0479. The summed E-state index contributed by atoms with van der Waals surface area (Å²) in [5, 5.41) is 2.84. The van der Waals surface area contributed by atoms with Crippen LogP contribution in [0.4, 0.5) is 0 Å². The molecule has 1 aromatic rings. The van der Waals surface area contributed by atoms with Crippen LogP contribution in [0.25, 0.3) is 0 Å². The highest BCUT2D eigenvalue weighted by molar-refractivity contribution is 5.96. The molecule has 0 aromatic carbocycles. The molecule has 0 radical (unpaired) electrons.